The molecule has 0 fully saturated rings. The Hall–Kier alpha value is -0.960. The molecule has 1 aromatic rings. The van der Waals surface area contributed by atoms with Crippen LogP contribution < -0.4 is 5.73 Å². The van der Waals surface area contributed by atoms with Gasteiger partial charge in [-0.2, -0.15) is 0 Å². The van der Waals surface area contributed by atoms with E-state index in [1.807, 2.05) is 6.92 Å². The van der Waals surface area contributed by atoms with Crippen LogP contribution in [0.2, 0.25) is 0 Å². The molecule has 0 aliphatic rings. The molecule has 90 valence electrons. The Bertz CT molecular complexity index is 363. The van der Waals surface area contributed by atoms with Crippen molar-refractivity contribution in [3.8, 4) is 0 Å². The van der Waals surface area contributed by atoms with E-state index >= 15 is 0 Å². The van der Waals surface area contributed by atoms with Crippen LogP contribution in [0.1, 0.15) is 43.9 Å². The van der Waals surface area contributed by atoms with Crippen LogP contribution in [0.4, 0.5) is 8.78 Å². The van der Waals surface area contributed by atoms with Crippen LogP contribution in [0.3, 0.4) is 0 Å². The third kappa shape index (κ3) is 2.79. The monoisotopic (exact) mass is 227 g/mol. The minimum Gasteiger partial charge on any atom is -0.324 e. The molecule has 2 N–H and O–H groups in total. The molecule has 0 aliphatic carbocycles. The quantitative estimate of drug-likeness (QED) is 0.833. The zero-order chi connectivity index (χ0) is 12.3. The number of halogens is 2. The SMILES string of the molecule is CCCC(C)C(N)c1cc(C)c(F)cc1F. The molecule has 1 nitrogen and oxygen atoms in total. The highest BCUT2D eigenvalue weighted by molar-refractivity contribution is 5.28. The Balaban J connectivity index is 2.99. The lowest BCUT2D eigenvalue weighted by Gasteiger charge is -2.20. The van der Waals surface area contributed by atoms with Crippen LogP contribution in [0.25, 0.3) is 0 Å². The first-order chi connectivity index (χ1) is 7.47. The molecule has 0 saturated carbocycles. The van der Waals surface area contributed by atoms with E-state index in [9.17, 15) is 8.78 Å². The van der Waals surface area contributed by atoms with Crippen molar-refractivity contribution in [3.63, 3.8) is 0 Å². The highest BCUT2D eigenvalue weighted by atomic mass is 19.1. The van der Waals surface area contributed by atoms with Crippen molar-refractivity contribution in [2.24, 2.45) is 11.7 Å². The van der Waals surface area contributed by atoms with E-state index in [0.29, 0.717) is 11.1 Å². The van der Waals surface area contributed by atoms with Gasteiger partial charge in [0.1, 0.15) is 11.6 Å². The van der Waals surface area contributed by atoms with E-state index in [1.165, 1.54) is 6.07 Å². The predicted molar refractivity (Wildman–Crippen MR) is 62.1 cm³/mol. The second kappa shape index (κ2) is 5.39. The van der Waals surface area contributed by atoms with Crippen LogP contribution >= 0.6 is 0 Å². The molecule has 1 aromatic carbocycles. The highest BCUT2D eigenvalue weighted by Gasteiger charge is 2.19. The van der Waals surface area contributed by atoms with Gasteiger partial charge in [-0.15, -0.1) is 0 Å². The summed E-state index contributed by atoms with van der Waals surface area (Å²) in [5.41, 5.74) is 6.84. The Morgan fingerprint density at radius 3 is 2.44 bits per heavy atom. The van der Waals surface area contributed by atoms with Gasteiger partial charge in [0.05, 0.1) is 0 Å². The molecule has 1 rings (SSSR count). The lowest BCUT2D eigenvalue weighted by atomic mass is 9.90. The van der Waals surface area contributed by atoms with Crippen molar-refractivity contribution in [2.45, 2.75) is 39.7 Å². The van der Waals surface area contributed by atoms with Gasteiger partial charge in [-0.25, -0.2) is 8.78 Å². The Kier molecular flexibility index (Phi) is 4.42. The minimum absolute atomic E-state index is 0.198. The summed E-state index contributed by atoms with van der Waals surface area (Å²) in [6.45, 7) is 5.68. The molecule has 0 spiro atoms. The summed E-state index contributed by atoms with van der Waals surface area (Å²) < 4.78 is 26.7. The number of benzene rings is 1. The van der Waals surface area contributed by atoms with Gasteiger partial charge < -0.3 is 5.73 Å². The molecule has 2 atom stereocenters. The van der Waals surface area contributed by atoms with Crippen LogP contribution in [-0.2, 0) is 0 Å². The van der Waals surface area contributed by atoms with E-state index < -0.39 is 11.6 Å². The maximum atomic E-state index is 13.6. The van der Waals surface area contributed by atoms with Crippen molar-refractivity contribution in [1.29, 1.82) is 0 Å². The molecule has 2 unspecified atom stereocenters. The normalized spacial score (nSPS) is 14.9. The molecular weight excluding hydrogens is 208 g/mol. The summed E-state index contributed by atoms with van der Waals surface area (Å²) in [5.74, 6) is -0.862. The smallest absolute Gasteiger partial charge is 0.130 e. The Labute approximate surface area is 95.7 Å². The topological polar surface area (TPSA) is 26.0 Å². The zero-order valence-electron chi connectivity index (χ0n) is 10.1. The molecule has 0 aromatic heterocycles. The number of aryl methyl sites for hydroxylation is 1. The second-order valence-corrected chi connectivity index (χ2v) is 4.41. The molecule has 3 heteroatoms. The Morgan fingerprint density at radius 1 is 1.25 bits per heavy atom. The van der Waals surface area contributed by atoms with Gasteiger partial charge >= 0.3 is 0 Å². The molecule has 0 aliphatic heterocycles. The van der Waals surface area contributed by atoms with E-state index in [0.717, 1.165) is 18.9 Å². The van der Waals surface area contributed by atoms with Gasteiger partial charge in [0, 0.05) is 17.7 Å². The van der Waals surface area contributed by atoms with Crippen molar-refractivity contribution in [2.75, 3.05) is 0 Å². The Morgan fingerprint density at radius 2 is 1.88 bits per heavy atom. The van der Waals surface area contributed by atoms with Crippen LogP contribution in [0, 0.1) is 24.5 Å². The number of hydrogen-bond donors (Lipinski definition) is 1. The van der Waals surface area contributed by atoms with Crippen LogP contribution in [0.5, 0.6) is 0 Å². The lowest BCUT2D eigenvalue weighted by molar-refractivity contribution is 0.418. The first-order valence-electron chi connectivity index (χ1n) is 5.68. The third-order valence-corrected chi connectivity index (χ3v) is 2.99. The largest absolute Gasteiger partial charge is 0.324 e. The molecule has 0 saturated heterocycles. The van der Waals surface area contributed by atoms with Gasteiger partial charge in [0.25, 0.3) is 0 Å². The molecule has 0 radical (unpaired) electrons. The third-order valence-electron chi connectivity index (χ3n) is 2.99. The van der Waals surface area contributed by atoms with Gasteiger partial charge in [0.15, 0.2) is 0 Å². The van der Waals surface area contributed by atoms with Gasteiger partial charge in [-0.05, 0) is 30.9 Å². The number of hydrogen-bond acceptors (Lipinski definition) is 1. The summed E-state index contributed by atoms with van der Waals surface area (Å²) in [7, 11) is 0. The maximum Gasteiger partial charge on any atom is 0.130 e. The van der Waals surface area contributed by atoms with Gasteiger partial charge in [-0.3, -0.25) is 0 Å². The van der Waals surface area contributed by atoms with E-state index in [2.05, 4.69) is 6.92 Å². The van der Waals surface area contributed by atoms with Crippen molar-refractivity contribution < 1.29 is 8.78 Å². The van der Waals surface area contributed by atoms with Crippen molar-refractivity contribution in [3.05, 3.63) is 34.9 Å². The first kappa shape index (κ1) is 13.1. The molecule has 0 bridgehead atoms. The second-order valence-electron chi connectivity index (χ2n) is 4.41. The van der Waals surface area contributed by atoms with Crippen molar-refractivity contribution in [1.82, 2.24) is 0 Å². The first-order valence-corrected chi connectivity index (χ1v) is 5.68. The predicted octanol–water partition coefficient (Wildman–Crippen LogP) is 3.71. The average molecular weight is 227 g/mol. The maximum absolute atomic E-state index is 13.6. The summed E-state index contributed by atoms with van der Waals surface area (Å²) in [5, 5.41) is 0. The van der Waals surface area contributed by atoms with Crippen molar-refractivity contribution >= 4 is 0 Å². The summed E-state index contributed by atoms with van der Waals surface area (Å²) in [4.78, 5) is 0. The zero-order valence-corrected chi connectivity index (χ0v) is 10.1. The molecular formula is C13H19F2N. The summed E-state index contributed by atoms with van der Waals surface area (Å²) >= 11 is 0. The molecule has 0 amide bonds. The summed E-state index contributed by atoms with van der Waals surface area (Å²) in [6.07, 6.45) is 1.95. The number of rotatable bonds is 4. The fourth-order valence-electron chi connectivity index (χ4n) is 1.88. The number of nitrogens with two attached hydrogens (primary N) is 1. The lowest BCUT2D eigenvalue weighted by Crippen LogP contribution is -2.20. The fraction of sp³-hybridized carbons (Fsp3) is 0.538. The molecule has 0 heterocycles. The van der Waals surface area contributed by atoms with Crippen LogP contribution in [-0.4, -0.2) is 0 Å². The van der Waals surface area contributed by atoms with Gasteiger partial charge in [0.2, 0.25) is 0 Å². The van der Waals surface area contributed by atoms with Gasteiger partial charge in [-0.1, -0.05) is 20.3 Å². The highest BCUT2D eigenvalue weighted by Crippen LogP contribution is 2.26. The average Bonchev–Trinajstić information content (AvgIpc) is 2.23. The van der Waals surface area contributed by atoms with E-state index in [1.54, 1.807) is 6.92 Å². The molecule has 16 heavy (non-hydrogen) atoms. The van der Waals surface area contributed by atoms with Crippen LogP contribution in [0.15, 0.2) is 12.1 Å². The summed E-state index contributed by atoms with van der Waals surface area (Å²) in [6, 6.07) is 2.07. The fourth-order valence-corrected chi connectivity index (χ4v) is 1.88. The minimum atomic E-state index is -0.543. The van der Waals surface area contributed by atoms with E-state index in [4.69, 9.17) is 5.73 Å². The standard InChI is InChI=1S/C13H19F2N/c1-4-5-8(2)13(16)10-6-9(3)11(14)7-12(10)15/h6-8,13H,4-5,16H2,1-3H3. The van der Waals surface area contributed by atoms with E-state index in [-0.39, 0.29) is 12.0 Å².